The maximum absolute atomic E-state index is 5.74. The van der Waals surface area contributed by atoms with Gasteiger partial charge in [-0.25, -0.2) is 0 Å². The van der Waals surface area contributed by atoms with E-state index in [-0.39, 0.29) is 0 Å². The first-order valence-corrected chi connectivity index (χ1v) is 12.0. The molecule has 0 bridgehead atoms. The molecule has 2 aliphatic rings. The van der Waals surface area contributed by atoms with Gasteiger partial charge in [0.05, 0.1) is 0 Å². The Hall–Kier alpha value is -2.82. The summed E-state index contributed by atoms with van der Waals surface area (Å²) < 4.78 is 14.2. The minimum absolute atomic E-state index is 0.636. The molecule has 0 unspecified atom stereocenters. The highest BCUT2D eigenvalue weighted by Gasteiger charge is 2.28. The molecule has 0 atom stereocenters. The molecule has 2 aromatic heterocycles. The van der Waals surface area contributed by atoms with Crippen LogP contribution in [0.25, 0.3) is 42.4 Å². The first kappa shape index (κ1) is 16.9. The van der Waals surface area contributed by atoms with Gasteiger partial charge in [0.2, 0.25) is 0 Å². The van der Waals surface area contributed by atoms with Crippen molar-refractivity contribution in [2.75, 3.05) is 13.2 Å². The minimum Gasteiger partial charge on any atom is -0.486 e. The maximum atomic E-state index is 5.74. The first-order valence-electron chi connectivity index (χ1n) is 10.3. The van der Waals surface area contributed by atoms with Gasteiger partial charge in [-0.2, -0.15) is 0 Å². The molecular formula is C26H18O2S2. The Morgan fingerprint density at radius 1 is 0.700 bits per heavy atom. The van der Waals surface area contributed by atoms with E-state index in [1.807, 2.05) is 28.7 Å². The summed E-state index contributed by atoms with van der Waals surface area (Å²) in [4.78, 5) is 1.44. The Kier molecular flexibility index (Phi) is 3.57. The summed E-state index contributed by atoms with van der Waals surface area (Å²) >= 11 is 3.81. The summed E-state index contributed by atoms with van der Waals surface area (Å²) in [5, 5.41) is 4.92. The molecule has 3 heterocycles. The third-order valence-corrected chi connectivity index (χ3v) is 8.34. The molecule has 5 aromatic rings. The molecule has 0 amide bonds. The lowest BCUT2D eigenvalue weighted by molar-refractivity contribution is 0.171. The zero-order chi connectivity index (χ0) is 19.7. The summed E-state index contributed by atoms with van der Waals surface area (Å²) in [6, 6.07) is 20.1. The lowest BCUT2D eigenvalue weighted by Gasteiger charge is -2.25. The Morgan fingerprint density at radius 2 is 1.50 bits per heavy atom. The topological polar surface area (TPSA) is 18.5 Å². The van der Waals surface area contributed by atoms with Crippen molar-refractivity contribution in [1.82, 2.24) is 0 Å². The van der Waals surface area contributed by atoms with Crippen LogP contribution in [-0.2, 0) is 12.8 Å². The molecule has 0 saturated heterocycles. The van der Waals surface area contributed by atoms with Gasteiger partial charge >= 0.3 is 0 Å². The van der Waals surface area contributed by atoms with Gasteiger partial charge in [-0.05, 0) is 69.9 Å². The number of thiophene rings is 2. The van der Waals surface area contributed by atoms with E-state index >= 15 is 0 Å². The van der Waals surface area contributed by atoms with Crippen LogP contribution in [0.15, 0.2) is 60.0 Å². The smallest absolute Gasteiger partial charge is 0.161 e. The van der Waals surface area contributed by atoms with Crippen LogP contribution >= 0.6 is 22.7 Å². The first-order chi connectivity index (χ1) is 14.8. The second-order valence-electron chi connectivity index (χ2n) is 7.92. The molecule has 0 N–H and O–H groups in total. The molecule has 4 heteroatoms. The predicted molar refractivity (Wildman–Crippen MR) is 126 cm³/mol. The molecule has 146 valence electrons. The number of fused-ring (bicyclic) bond motifs is 9. The molecule has 1 aliphatic heterocycles. The van der Waals surface area contributed by atoms with Gasteiger partial charge in [-0.1, -0.05) is 30.3 Å². The van der Waals surface area contributed by atoms with Crippen molar-refractivity contribution < 1.29 is 9.47 Å². The number of hydrogen-bond acceptors (Lipinski definition) is 4. The average molecular weight is 427 g/mol. The van der Waals surface area contributed by atoms with Crippen molar-refractivity contribution in [3.05, 3.63) is 70.4 Å². The van der Waals surface area contributed by atoms with Crippen molar-refractivity contribution >= 4 is 42.8 Å². The van der Waals surface area contributed by atoms with Crippen LogP contribution in [0.2, 0.25) is 0 Å². The number of benzene rings is 3. The van der Waals surface area contributed by atoms with Crippen LogP contribution < -0.4 is 9.47 Å². The van der Waals surface area contributed by atoms with E-state index in [1.54, 1.807) is 0 Å². The van der Waals surface area contributed by atoms with Crippen molar-refractivity contribution in [2.45, 2.75) is 12.8 Å². The number of aryl methyl sites for hydroxylation is 2. The van der Waals surface area contributed by atoms with Gasteiger partial charge in [0.1, 0.15) is 13.2 Å². The number of hydrogen-bond donors (Lipinski definition) is 0. The van der Waals surface area contributed by atoms with E-state index in [0.29, 0.717) is 13.2 Å². The Bertz CT molecular complexity index is 1460. The maximum Gasteiger partial charge on any atom is 0.161 e. The Labute approximate surface area is 182 Å². The predicted octanol–water partition coefficient (Wildman–Crippen LogP) is 7.32. The molecule has 0 spiro atoms. The molecule has 0 radical (unpaired) electrons. The molecule has 30 heavy (non-hydrogen) atoms. The van der Waals surface area contributed by atoms with Gasteiger partial charge < -0.3 is 9.47 Å². The summed E-state index contributed by atoms with van der Waals surface area (Å²) in [5.74, 6) is 1.75. The molecule has 7 rings (SSSR count). The quantitative estimate of drug-likeness (QED) is 0.295. The van der Waals surface area contributed by atoms with E-state index in [9.17, 15) is 0 Å². The largest absolute Gasteiger partial charge is 0.486 e. The normalized spacial score (nSPS) is 13.9. The van der Waals surface area contributed by atoms with Crippen LogP contribution in [0.3, 0.4) is 0 Å². The van der Waals surface area contributed by atoms with Gasteiger partial charge in [-0.3, -0.25) is 0 Å². The van der Waals surface area contributed by atoms with Gasteiger partial charge in [0.25, 0.3) is 0 Å². The van der Waals surface area contributed by atoms with E-state index in [4.69, 9.17) is 9.47 Å². The SMILES string of the molecule is c1cc2ccc3c(c2s1)-c1ccc2cc(CCc4ccc5c(c4)OCCO5)sc2c1-3. The molecule has 3 aromatic carbocycles. The van der Waals surface area contributed by atoms with Crippen LogP contribution in [0.4, 0.5) is 0 Å². The fourth-order valence-electron chi connectivity index (χ4n) is 4.71. The second kappa shape index (κ2) is 6.34. The molecule has 1 aliphatic carbocycles. The minimum atomic E-state index is 0.636. The van der Waals surface area contributed by atoms with E-state index in [2.05, 4.69) is 53.9 Å². The van der Waals surface area contributed by atoms with Crippen molar-refractivity contribution in [2.24, 2.45) is 0 Å². The van der Waals surface area contributed by atoms with Gasteiger partial charge in [-0.15, -0.1) is 22.7 Å². The molecule has 0 fully saturated rings. The number of ether oxygens (including phenoxy) is 2. The Balaban J connectivity index is 1.21. The second-order valence-corrected chi connectivity index (χ2v) is 9.98. The van der Waals surface area contributed by atoms with Gasteiger partial charge in [0, 0.05) is 25.4 Å². The summed E-state index contributed by atoms with van der Waals surface area (Å²) in [5.41, 5.74) is 7.05. The highest BCUT2D eigenvalue weighted by Crippen LogP contribution is 2.55. The lowest BCUT2D eigenvalue weighted by atomic mass is 9.79. The fraction of sp³-hybridized carbons (Fsp3) is 0.154. The molecular weight excluding hydrogens is 408 g/mol. The zero-order valence-corrected chi connectivity index (χ0v) is 17.9. The molecule has 2 nitrogen and oxygen atoms in total. The fourth-order valence-corrected chi connectivity index (χ4v) is 6.89. The summed E-state index contributed by atoms with van der Waals surface area (Å²) in [6.45, 7) is 1.27. The molecule has 0 saturated carbocycles. The highest BCUT2D eigenvalue weighted by molar-refractivity contribution is 7.20. The van der Waals surface area contributed by atoms with Gasteiger partial charge in [0.15, 0.2) is 11.5 Å². The third-order valence-electron chi connectivity index (χ3n) is 6.16. The highest BCUT2D eigenvalue weighted by atomic mass is 32.1. The van der Waals surface area contributed by atoms with Crippen molar-refractivity contribution in [1.29, 1.82) is 0 Å². The van der Waals surface area contributed by atoms with E-state index in [0.717, 1.165) is 24.3 Å². The third kappa shape index (κ3) is 2.41. The van der Waals surface area contributed by atoms with Crippen LogP contribution in [0.5, 0.6) is 11.5 Å². The van der Waals surface area contributed by atoms with Crippen LogP contribution in [0.1, 0.15) is 10.4 Å². The van der Waals surface area contributed by atoms with Crippen molar-refractivity contribution in [3.63, 3.8) is 0 Å². The van der Waals surface area contributed by atoms with Crippen LogP contribution in [0, 0.1) is 0 Å². The number of rotatable bonds is 3. The zero-order valence-electron chi connectivity index (χ0n) is 16.2. The van der Waals surface area contributed by atoms with Crippen LogP contribution in [-0.4, -0.2) is 13.2 Å². The summed E-state index contributed by atoms with van der Waals surface area (Å²) in [7, 11) is 0. The standard InChI is InChI=1S/C26H18O2S2/c1(15-2-8-21-22(13-15)28-11-10-27-21)5-18-14-17-4-7-20-23-19(24(20)26(17)30-18)6-3-16-9-12-29-25(16)23/h2-4,6-9,12-14H,1,5,10-11H2. The van der Waals surface area contributed by atoms with E-state index < -0.39 is 0 Å². The average Bonchev–Trinajstić information content (AvgIpc) is 3.40. The lowest BCUT2D eigenvalue weighted by Crippen LogP contribution is -2.15. The summed E-state index contributed by atoms with van der Waals surface area (Å²) in [6.07, 6.45) is 2.06. The van der Waals surface area contributed by atoms with Crippen molar-refractivity contribution in [3.8, 4) is 33.8 Å². The Morgan fingerprint density at radius 3 is 2.40 bits per heavy atom. The van der Waals surface area contributed by atoms with E-state index in [1.165, 1.54) is 52.9 Å². The monoisotopic (exact) mass is 426 g/mol.